The normalized spacial score (nSPS) is 11.9. The summed E-state index contributed by atoms with van der Waals surface area (Å²) in [4.78, 5) is 22.0. The second kappa shape index (κ2) is 11.1. The molecule has 0 radical (unpaired) electrons. The van der Waals surface area contributed by atoms with Gasteiger partial charge in [-0.15, -0.1) is 0 Å². The van der Waals surface area contributed by atoms with Crippen molar-refractivity contribution in [3.63, 3.8) is 0 Å². The van der Waals surface area contributed by atoms with Gasteiger partial charge in [-0.05, 0) is 31.6 Å². The zero-order valence-electron chi connectivity index (χ0n) is 12.0. The Morgan fingerprint density at radius 1 is 1.22 bits per heavy atom. The maximum atomic E-state index is 11.5. The van der Waals surface area contributed by atoms with Gasteiger partial charge in [-0.25, -0.2) is 0 Å². The predicted octanol–water partition coefficient (Wildman–Crippen LogP) is 2.66. The molecule has 4 heteroatoms. The number of hydrogen-bond acceptors (Lipinski definition) is 3. The fraction of sp³-hybridized carbons (Fsp3) is 0.857. The molecule has 0 aromatic carbocycles. The van der Waals surface area contributed by atoms with E-state index in [2.05, 4.69) is 19.2 Å². The summed E-state index contributed by atoms with van der Waals surface area (Å²) in [5.74, 6) is 0.450. The van der Waals surface area contributed by atoms with Crippen LogP contribution >= 0.6 is 0 Å². The lowest BCUT2D eigenvalue weighted by molar-refractivity contribution is -0.141. The summed E-state index contributed by atoms with van der Waals surface area (Å²) in [7, 11) is 0. The Bertz CT molecular complexity index is 241. The summed E-state index contributed by atoms with van der Waals surface area (Å²) in [6.07, 6.45) is 5.49. The Balaban J connectivity index is 3.34. The quantitative estimate of drug-likeness (QED) is 0.483. The molecule has 0 bridgehead atoms. The molecule has 1 amide bonds. The second-order valence-electron chi connectivity index (χ2n) is 4.85. The first kappa shape index (κ1) is 16.9. The van der Waals surface area contributed by atoms with E-state index in [1.54, 1.807) is 0 Å². The molecule has 4 nitrogen and oxygen atoms in total. The van der Waals surface area contributed by atoms with E-state index in [9.17, 15) is 9.59 Å². The van der Waals surface area contributed by atoms with E-state index in [0.29, 0.717) is 18.9 Å². The molecule has 0 saturated carbocycles. The van der Waals surface area contributed by atoms with Crippen molar-refractivity contribution >= 4 is 11.9 Å². The van der Waals surface area contributed by atoms with E-state index in [0.717, 1.165) is 38.6 Å². The maximum Gasteiger partial charge on any atom is 0.302 e. The van der Waals surface area contributed by atoms with Crippen molar-refractivity contribution < 1.29 is 14.3 Å². The van der Waals surface area contributed by atoms with Gasteiger partial charge in [0.05, 0.1) is 6.61 Å². The van der Waals surface area contributed by atoms with Gasteiger partial charge in [0, 0.05) is 19.9 Å². The Morgan fingerprint density at radius 2 is 1.94 bits per heavy atom. The summed E-state index contributed by atoms with van der Waals surface area (Å²) in [5, 5.41) is 2.95. The lowest BCUT2D eigenvalue weighted by atomic mass is 10.1. The summed E-state index contributed by atoms with van der Waals surface area (Å²) >= 11 is 0. The van der Waals surface area contributed by atoms with E-state index in [4.69, 9.17) is 4.74 Å². The first-order valence-electron chi connectivity index (χ1n) is 6.96. The predicted molar refractivity (Wildman–Crippen MR) is 72.2 cm³/mol. The average Bonchev–Trinajstić information content (AvgIpc) is 2.31. The molecule has 0 spiro atoms. The number of esters is 1. The number of rotatable bonds is 10. The lowest BCUT2D eigenvalue weighted by Gasteiger charge is -2.11. The number of carbonyl (C=O) groups excluding carboxylic acids is 2. The van der Waals surface area contributed by atoms with Crippen LogP contribution in [0.15, 0.2) is 0 Å². The first-order chi connectivity index (χ1) is 8.56. The SMILES string of the molecule is CCCC(C)CNC(=O)CCCCCOC(C)=O. The number of ether oxygens (including phenoxy) is 1. The topological polar surface area (TPSA) is 55.4 Å². The number of hydrogen-bond donors (Lipinski definition) is 1. The van der Waals surface area contributed by atoms with Crippen LogP contribution in [0.2, 0.25) is 0 Å². The molecule has 0 heterocycles. The molecule has 0 saturated heterocycles. The van der Waals surface area contributed by atoms with Crippen LogP contribution in [0.1, 0.15) is 59.3 Å². The molecule has 18 heavy (non-hydrogen) atoms. The molecule has 0 aromatic heterocycles. The van der Waals surface area contributed by atoms with Crippen LogP contribution in [0.3, 0.4) is 0 Å². The third-order valence-corrected chi connectivity index (χ3v) is 2.78. The van der Waals surface area contributed by atoms with Gasteiger partial charge in [0.2, 0.25) is 5.91 Å². The van der Waals surface area contributed by atoms with Crippen molar-refractivity contribution in [1.82, 2.24) is 5.32 Å². The van der Waals surface area contributed by atoms with Crippen LogP contribution in [-0.2, 0) is 14.3 Å². The Labute approximate surface area is 110 Å². The molecule has 0 aromatic rings. The van der Waals surface area contributed by atoms with Gasteiger partial charge >= 0.3 is 5.97 Å². The monoisotopic (exact) mass is 257 g/mol. The van der Waals surface area contributed by atoms with Gasteiger partial charge in [-0.2, -0.15) is 0 Å². The van der Waals surface area contributed by atoms with Crippen molar-refractivity contribution in [3.05, 3.63) is 0 Å². The molecule has 0 aliphatic carbocycles. The number of carbonyl (C=O) groups is 2. The smallest absolute Gasteiger partial charge is 0.302 e. The van der Waals surface area contributed by atoms with Crippen LogP contribution < -0.4 is 5.32 Å². The van der Waals surface area contributed by atoms with Crippen molar-refractivity contribution in [3.8, 4) is 0 Å². The van der Waals surface area contributed by atoms with Crippen LogP contribution in [0.4, 0.5) is 0 Å². The van der Waals surface area contributed by atoms with Gasteiger partial charge in [-0.3, -0.25) is 9.59 Å². The number of amides is 1. The van der Waals surface area contributed by atoms with Crippen molar-refractivity contribution in [2.24, 2.45) is 5.92 Å². The number of unbranched alkanes of at least 4 members (excludes halogenated alkanes) is 2. The van der Waals surface area contributed by atoms with Crippen LogP contribution in [0, 0.1) is 5.92 Å². The van der Waals surface area contributed by atoms with E-state index >= 15 is 0 Å². The minimum atomic E-state index is -0.238. The average molecular weight is 257 g/mol. The van der Waals surface area contributed by atoms with Gasteiger partial charge < -0.3 is 10.1 Å². The molecule has 0 aliphatic heterocycles. The van der Waals surface area contributed by atoms with E-state index in [1.807, 2.05) is 0 Å². The van der Waals surface area contributed by atoms with Gasteiger partial charge in [-0.1, -0.05) is 20.3 Å². The standard InChI is InChI=1S/C14H27NO3/c1-4-8-12(2)11-15-14(17)9-6-5-7-10-18-13(3)16/h12H,4-11H2,1-3H3,(H,15,17). The molecule has 106 valence electrons. The molecule has 0 rings (SSSR count). The highest BCUT2D eigenvalue weighted by molar-refractivity contribution is 5.75. The van der Waals surface area contributed by atoms with Gasteiger partial charge in [0.25, 0.3) is 0 Å². The second-order valence-corrected chi connectivity index (χ2v) is 4.85. The van der Waals surface area contributed by atoms with Crippen molar-refractivity contribution in [2.45, 2.75) is 59.3 Å². The first-order valence-corrected chi connectivity index (χ1v) is 6.96. The Kier molecular flexibility index (Phi) is 10.4. The lowest BCUT2D eigenvalue weighted by Crippen LogP contribution is -2.27. The fourth-order valence-electron chi connectivity index (χ4n) is 1.75. The van der Waals surface area contributed by atoms with E-state index in [-0.39, 0.29) is 11.9 Å². The van der Waals surface area contributed by atoms with E-state index in [1.165, 1.54) is 6.92 Å². The maximum absolute atomic E-state index is 11.5. The van der Waals surface area contributed by atoms with Crippen LogP contribution in [0.5, 0.6) is 0 Å². The Morgan fingerprint density at radius 3 is 2.56 bits per heavy atom. The van der Waals surface area contributed by atoms with Crippen molar-refractivity contribution in [2.75, 3.05) is 13.2 Å². The minimum absolute atomic E-state index is 0.130. The largest absolute Gasteiger partial charge is 0.466 e. The molecule has 1 N–H and O–H groups in total. The van der Waals surface area contributed by atoms with Crippen LogP contribution in [-0.4, -0.2) is 25.0 Å². The van der Waals surface area contributed by atoms with E-state index < -0.39 is 0 Å². The van der Waals surface area contributed by atoms with Gasteiger partial charge in [0.15, 0.2) is 0 Å². The molecular weight excluding hydrogens is 230 g/mol. The summed E-state index contributed by atoms with van der Waals surface area (Å²) < 4.78 is 4.82. The van der Waals surface area contributed by atoms with Crippen LogP contribution in [0.25, 0.3) is 0 Å². The Hall–Kier alpha value is -1.06. The molecule has 0 aliphatic rings. The van der Waals surface area contributed by atoms with Crippen molar-refractivity contribution in [1.29, 1.82) is 0 Å². The molecule has 1 atom stereocenters. The number of nitrogens with one attached hydrogen (secondary N) is 1. The summed E-state index contributed by atoms with van der Waals surface area (Å²) in [6.45, 7) is 6.96. The molecular formula is C14H27NO3. The highest BCUT2D eigenvalue weighted by atomic mass is 16.5. The highest BCUT2D eigenvalue weighted by Crippen LogP contribution is 2.04. The molecule has 1 unspecified atom stereocenters. The third-order valence-electron chi connectivity index (χ3n) is 2.78. The summed E-state index contributed by atoms with van der Waals surface area (Å²) in [5.41, 5.74) is 0. The third kappa shape index (κ3) is 11.4. The minimum Gasteiger partial charge on any atom is -0.466 e. The zero-order chi connectivity index (χ0) is 13.8. The zero-order valence-corrected chi connectivity index (χ0v) is 12.0. The fourth-order valence-corrected chi connectivity index (χ4v) is 1.75. The highest BCUT2D eigenvalue weighted by Gasteiger charge is 2.04. The summed E-state index contributed by atoms with van der Waals surface area (Å²) in [6, 6.07) is 0. The molecule has 0 fully saturated rings. The van der Waals surface area contributed by atoms with Gasteiger partial charge in [0.1, 0.15) is 0 Å².